The third kappa shape index (κ3) is 4.48. The van der Waals surface area contributed by atoms with Crippen molar-refractivity contribution in [3.8, 4) is 0 Å². The molecule has 0 bridgehead atoms. The molecule has 0 aromatic heterocycles. The standard InChI is InChI=1S/C13H19BrN2O/c1-3-4-5-11(15)13(17)16-12-7-6-10(14)8-9(12)2/h6-8,11H,3-5,15H2,1-2H3,(H,16,17)/t11-/m0/s1. The molecule has 0 saturated carbocycles. The van der Waals surface area contributed by atoms with Crippen molar-refractivity contribution in [3.63, 3.8) is 0 Å². The number of carbonyl (C=O) groups excluding carboxylic acids is 1. The Kier molecular flexibility index (Phi) is 5.65. The van der Waals surface area contributed by atoms with Crippen molar-refractivity contribution in [3.05, 3.63) is 28.2 Å². The minimum Gasteiger partial charge on any atom is -0.324 e. The van der Waals surface area contributed by atoms with Gasteiger partial charge in [-0.3, -0.25) is 4.79 Å². The summed E-state index contributed by atoms with van der Waals surface area (Å²) in [6.45, 7) is 4.04. The lowest BCUT2D eigenvalue weighted by Crippen LogP contribution is -2.35. The number of halogens is 1. The van der Waals surface area contributed by atoms with Crippen LogP contribution in [0.15, 0.2) is 22.7 Å². The molecule has 0 heterocycles. The summed E-state index contributed by atoms with van der Waals surface area (Å²) in [4.78, 5) is 11.8. The van der Waals surface area contributed by atoms with E-state index < -0.39 is 6.04 Å². The van der Waals surface area contributed by atoms with E-state index in [9.17, 15) is 4.79 Å². The highest BCUT2D eigenvalue weighted by Gasteiger charge is 2.13. The number of nitrogens with one attached hydrogen (secondary N) is 1. The predicted octanol–water partition coefficient (Wildman–Crippen LogP) is 3.21. The number of rotatable bonds is 5. The minimum atomic E-state index is -0.419. The Hall–Kier alpha value is -0.870. The number of nitrogens with two attached hydrogens (primary N) is 1. The molecule has 17 heavy (non-hydrogen) atoms. The molecule has 0 fully saturated rings. The maximum Gasteiger partial charge on any atom is 0.241 e. The number of anilines is 1. The van der Waals surface area contributed by atoms with Gasteiger partial charge in [0.2, 0.25) is 5.91 Å². The van der Waals surface area contributed by atoms with Crippen LogP contribution in [0, 0.1) is 6.92 Å². The van der Waals surface area contributed by atoms with Crippen LogP contribution in [0.1, 0.15) is 31.7 Å². The number of hydrogen-bond donors (Lipinski definition) is 2. The van der Waals surface area contributed by atoms with E-state index >= 15 is 0 Å². The Morgan fingerprint density at radius 3 is 2.82 bits per heavy atom. The summed E-state index contributed by atoms with van der Waals surface area (Å²) in [6, 6.07) is 5.33. The van der Waals surface area contributed by atoms with Crippen molar-refractivity contribution >= 4 is 27.5 Å². The minimum absolute atomic E-state index is 0.108. The van der Waals surface area contributed by atoms with Gasteiger partial charge in [0, 0.05) is 10.2 Å². The zero-order valence-corrected chi connectivity index (χ0v) is 11.9. The zero-order valence-electron chi connectivity index (χ0n) is 10.3. The first kappa shape index (κ1) is 14.2. The van der Waals surface area contributed by atoms with Gasteiger partial charge in [0.1, 0.15) is 0 Å². The highest BCUT2D eigenvalue weighted by atomic mass is 79.9. The smallest absolute Gasteiger partial charge is 0.241 e. The topological polar surface area (TPSA) is 55.1 Å². The van der Waals surface area contributed by atoms with Crippen LogP contribution in [-0.2, 0) is 4.79 Å². The largest absolute Gasteiger partial charge is 0.324 e. The zero-order chi connectivity index (χ0) is 12.8. The Morgan fingerprint density at radius 1 is 1.53 bits per heavy atom. The molecule has 1 rings (SSSR count). The highest BCUT2D eigenvalue weighted by Crippen LogP contribution is 2.20. The molecule has 0 aliphatic carbocycles. The summed E-state index contributed by atoms with van der Waals surface area (Å²) in [5.41, 5.74) is 7.66. The maximum absolute atomic E-state index is 11.8. The van der Waals surface area contributed by atoms with E-state index in [1.54, 1.807) is 0 Å². The number of amides is 1. The molecule has 3 nitrogen and oxygen atoms in total. The highest BCUT2D eigenvalue weighted by molar-refractivity contribution is 9.10. The van der Waals surface area contributed by atoms with Crippen LogP contribution < -0.4 is 11.1 Å². The lowest BCUT2D eigenvalue weighted by Gasteiger charge is -2.13. The van der Waals surface area contributed by atoms with E-state index in [1.165, 1.54) is 0 Å². The van der Waals surface area contributed by atoms with Gasteiger partial charge in [-0.25, -0.2) is 0 Å². The van der Waals surface area contributed by atoms with Crippen molar-refractivity contribution in [2.75, 3.05) is 5.32 Å². The van der Waals surface area contributed by atoms with Gasteiger partial charge in [0.15, 0.2) is 0 Å². The third-order valence-corrected chi connectivity index (χ3v) is 3.15. The summed E-state index contributed by atoms with van der Waals surface area (Å²) < 4.78 is 1.00. The second-order valence-corrected chi connectivity index (χ2v) is 5.11. The van der Waals surface area contributed by atoms with Crippen molar-refractivity contribution in [1.82, 2.24) is 0 Å². The SMILES string of the molecule is CCCC[C@H](N)C(=O)Nc1ccc(Br)cc1C. The Morgan fingerprint density at radius 2 is 2.24 bits per heavy atom. The molecular weight excluding hydrogens is 280 g/mol. The van der Waals surface area contributed by atoms with Crippen LogP contribution in [0.3, 0.4) is 0 Å². The predicted molar refractivity (Wildman–Crippen MR) is 75.0 cm³/mol. The van der Waals surface area contributed by atoms with E-state index in [0.29, 0.717) is 0 Å². The monoisotopic (exact) mass is 298 g/mol. The number of unbranched alkanes of at least 4 members (excludes halogenated alkanes) is 1. The molecule has 3 N–H and O–H groups in total. The van der Waals surface area contributed by atoms with E-state index in [2.05, 4.69) is 28.2 Å². The third-order valence-electron chi connectivity index (χ3n) is 2.65. The van der Waals surface area contributed by atoms with Crippen LogP contribution >= 0.6 is 15.9 Å². The normalized spacial score (nSPS) is 12.2. The molecule has 0 aliphatic rings. The van der Waals surface area contributed by atoms with E-state index in [0.717, 1.165) is 35.0 Å². The molecule has 4 heteroatoms. The van der Waals surface area contributed by atoms with Crippen molar-refractivity contribution in [2.24, 2.45) is 5.73 Å². The van der Waals surface area contributed by atoms with Crippen molar-refractivity contribution in [2.45, 2.75) is 39.2 Å². The fraction of sp³-hybridized carbons (Fsp3) is 0.462. The maximum atomic E-state index is 11.8. The summed E-state index contributed by atoms with van der Waals surface area (Å²) in [5, 5.41) is 2.86. The van der Waals surface area contributed by atoms with Crippen LogP contribution in [0.4, 0.5) is 5.69 Å². The molecular formula is C13H19BrN2O. The number of benzene rings is 1. The Balaban J connectivity index is 2.61. The summed E-state index contributed by atoms with van der Waals surface area (Å²) in [5.74, 6) is -0.108. The molecule has 1 atom stereocenters. The van der Waals surface area contributed by atoms with E-state index in [4.69, 9.17) is 5.73 Å². The average Bonchev–Trinajstić information content (AvgIpc) is 2.29. The number of hydrogen-bond acceptors (Lipinski definition) is 2. The molecule has 0 unspecified atom stereocenters. The van der Waals surface area contributed by atoms with Gasteiger partial charge in [0.25, 0.3) is 0 Å². The fourth-order valence-corrected chi connectivity index (χ4v) is 2.02. The van der Waals surface area contributed by atoms with Gasteiger partial charge in [0.05, 0.1) is 6.04 Å². The van der Waals surface area contributed by atoms with Crippen LogP contribution in [0.25, 0.3) is 0 Å². The molecule has 1 amide bonds. The molecule has 0 spiro atoms. The lowest BCUT2D eigenvalue weighted by atomic mass is 10.1. The van der Waals surface area contributed by atoms with Gasteiger partial charge >= 0.3 is 0 Å². The Bertz CT molecular complexity index is 393. The number of carbonyl (C=O) groups is 1. The molecule has 0 aliphatic heterocycles. The summed E-state index contributed by atoms with van der Waals surface area (Å²) in [7, 11) is 0. The first-order valence-corrected chi connectivity index (χ1v) is 6.66. The van der Waals surface area contributed by atoms with Crippen LogP contribution in [0.5, 0.6) is 0 Å². The second kappa shape index (κ2) is 6.77. The van der Waals surface area contributed by atoms with E-state index in [-0.39, 0.29) is 5.91 Å². The molecule has 94 valence electrons. The summed E-state index contributed by atoms with van der Waals surface area (Å²) in [6.07, 6.45) is 2.77. The summed E-state index contributed by atoms with van der Waals surface area (Å²) >= 11 is 3.39. The average molecular weight is 299 g/mol. The second-order valence-electron chi connectivity index (χ2n) is 4.20. The lowest BCUT2D eigenvalue weighted by molar-refractivity contribution is -0.117. The Labute approximate surface area is 111 Å². The van der Waals surface area contributed by atoms with Gasteiger partial charge < -0.3 is 11.1 Å². The van der Waals surface area contributed by atoms with Gasteiger partial charge in [-0.1, -0.05) is 35.7 Å². The van der Waals surface area contributed by atoms with Crippen LogP contribution in [0.2, 0.25) is 0 Å². The fourth-order valence-electron chi connectivity index (χ4n) is 1.55. The van der Waals surface area contributed by atoms with Gasteiger partial charge in [-0.2, -0.15) is 0 Å². The first-order chi connectivity index (χ1) is 8.04. The van der Waals surface area contributed by atoms with Gasteiger partial charge in [-0.15, -0.1) is 0 Å². The molecule has 0 radical (unpaired) electrons. The van der Waals surface area contributed by atoms with E-state index in [1.807, 2.05) is 25.1 Å². The van der Waals surface area contributed by atoms with Crippen molar-refractivity contribution < 1.29 is 4.79 Å². The molecule has 1 aromatic carbocycles. The molecule has 0 saturated heterocycles. The first-order valence-electron chi connectivity index (χ1n) is 5.87. The molecule has 1 aromatic rings. The van der Waals surface area contributed by atoms with Gasteiger partial charge in [-0.05, 0) is 37.1 Å². The number of aryl methyl sites for hydroxylation is 1. The quantitative estimate of drug-likeness (QED) is 0.877. The van der Waals surface area contributed by atoms with Crippen molar-refractivity contribution in [1.29, 1.82) is 0 Å². The van der Waals surface area contributed by atoms with Crippen LogP contribution in [-0.4, -0.2) is 11.9 Å².